The van der Waals surface area contributed by atoms with Gasteiger partial charge in [-0.2, -0.15) is 0 Å². The smallest absolute Gasteiger partial charge is 0.328 e. The number of aliphatic hydroxyl groups is 1. The molecule has 0 spiro atoms. The van der Waals surface area contributed by atoms with Gasteiger partial charge in [0.1, 0.15) is 6.04 Å². The van der Waals surface area contributed by atoms with E-state index in [4.69, 9.17) is 33.8 Å². The van der Waals surface area contributed by atoms with Gasteiger partial charge in [-0.3, -0.25) is 19.6 Å². The Bertz CT molecular complexity index is 631. The second-order valence-electron chi connectivity index (χ2n) is 6.63. The van der Waals surface area contributed by atoms with Crippen LogP contribution in [0, 0.1) is 0 Å². The van der Waals surface area contributed by atoms with Crippen molar-refractivity contribution in [3.05, 3.63) is 0 Å². The number of carboxylic acid groups (broad SMARTS) is 1. The lowest BCUT2D eigenvalue weighted by atomic mass is 10.1. The van der Waals surface area contributed by atoms with Gasteiger partial charge in [-0.25, -0.2) is 4.79 Å². The number of nitrogens with two attached hydrogens (primary N) is 5. The van der Waals surface area contributed by atoms with Gasteiger partial charge in [-0.1, -0.05) is 0 Å². The first kappa shape index (κ1) is 26.9. The summed E-state index contributed by atoms with van der Waals surface area (Å²) in [6, 6.07) is -3.57. The van der Waals surface area contributed by atoms with E-state index in [9.17, 15) is 19.5 Å². The van der Waals surface area contributed by atoms with Crippen LogP contribution in [0.4, 0.5) is 0 Å². The maximum absolute atomic E-state index is 12.5. The number of carbonyl (C=O) groups excluding carboxylic acids is 2. The highest BCUT2D eigenvalue weighted by atomic mass is 16.4. The summed E-state index contributed by atoms with van der Waals surface area (Å²) in [6.45, 7) is 1.71. The summed E-state index contributed by atoms with van der Waals surface area (Å²) in [6.07, 6.45) is -0.209. The van der Waals surface area contributed by atoms with Crippen LogP contribution >= 0.6 is 0 Å². The molecular formula is C16H33N9O5. The lowest BCUT2D eigenvalue weighted by Gasteiger charge is -2.23. The molecule has 0 aliphatic rings. The third-order valence-electron chi connectivity index (χ3n) is 3.93. The molecule has 2 amide bonds. The number of carbonyl (C=O) groups is 3. The Labute approximate surface area is 174 Å². The first-order valence-electron chi connectivity index (χ1n) is 9.33. The maximum Gasteiger partial charge on any atom is 0.328 e. The van der Waals surface area contributed by atoms with Crippen molar-refractivity contribution in [3.8, 4) is 0 Å². The van der Waals surface area contributed by atoms with Crippen LogP contribution in [-0.4, -0.2) is 77.2 Å². The van der Waals surface area contributed by atoms with Crippen LogP contribution < -0.4 is 39.3 Å². The van der Waals surface area contributed by atoms with E-state index >= 15 is 0 Å². The predicted molar refractivity (Wildman–Crippen MR) is 111 cm³/mol. The van der Waals surface area contributed by atoms with Crippen molar-refractivity contribution < 1.29 is 24.6 Å². The number of guanidine groups is 2. The van der Waals surface area contributed by atoms with Crippen LogP contribution in [0.25, 0.3) is 0 Å². The molecule has 172 valence electrons. The summed E-state index contributed by atoms with van der Waals surface area (Å²) in [5.74, 6) is -3.00. The molecule has 0 aromatic heterocycles. The van der Waals surface area contributed by atoms with Gasteiger partial charge >= 0.3 is 5.97 Å². The fourth-order valence-corrected chi connectivity index (χ4v) is 2.34. The Morgan fingerprint density at radius 1 is 0.900 bits per heavy atom. The molecule has 4 atom stereocenters. The van der Waals surface area contributed by atoms with Crippen molar-refractivity contribution in [3.63, 3.8) is 0 Å². The number of carboxylic acids is 1. The van der Waals surface area contributed by atoms with E-state index in [2.05, 4.69) is 20.6 Å². The van der Waals surface area contributed by atoms with Gasteiger partial charge in [0.2, 0.25) is 11.8 Å². The highest BCUT2D eigenvalue weighted by Crippen LogP contribution is 2.04. The van der Waals surface area contributed by atoms with E-state index < -0.39 is 42.0 Å². The summed E-state index contributed by atoms with van der Waals surface area (Å²) >= 11 is 0. The van der Waals surface area contributed by atoms with Crippen LogP contribution in [-0.2, 0) is 14.4 Å². The van der Waals surface area contributed by atoms with E-state index in [1.54, 1.807) is 0 Å². The number of aliphatic carboxylic acids is 1. The summed E-state index contributed by atoms with van der Waals surface area (Å²) in [5, 5.41) is 23.4. The van der Waals surface area contributed by atoms with Gasteiger partial charge in [0, 0.05) is 13.1 Å². The average molecular weight is 431 g/mol. The Balaban J connectivity index is 5.02. The maximum atomic E-state index is 12.5. The van der Waals surface area contributed by atoms with Gasteiger partial charge < -0.3 is 49.5 Å². The Kier molecular flexibility index (Phi) is 12.5. The lowest BCUT2D eigenvalue weighted by Crippen LogP contribution is -2.56. The lowest BCUT2D eigenvalue weighted by molar-refractivity contribution is -0.145. The van der Waals surface area contributed by atoms with E-state index in [0.29, 0.717) is 19.4 Å². The minimum atomic E-state index is -1.54. The molecule has 14 nitrogen and oxygen atoms in total. The van der Waals surface area contributed by atoms with Crippen molar-refractivity contribution in [2.24, 2.45) is 38.7 Å². The van der Waals surface area contributed by atoms with Crippen LogP contribution in [0.2, 0.25) is 0 Å². The second kappa shape index (κ2) is 13.9. The molecule has 0 radical (unpaired) electrons. The number of amides is 2. The number of nitrogens with one attached hydrogen (secondary N) is 2. The van der Waals surface area contributed by atoms with Gasteiger partial charge in [-0.05, 0) is 32.6 Å². The summed E-state index contributed by atoms with van der Waals surface area (Å²) in [7, 11) is 0. The van der Waals surface area contributed by atoms with E-state index in [1.165, 1.54) is 6.92 Å². The third kappa shape index (κ3) is 11.7. The first-order chi connectivity index (χ1) is 14.0. The quantitative estimate of drug-likeness (QED) is 0.0727. The van der Waals surface area contributed by atoms with Crippen LogP contribution in [0.15, 0.2) is 9.98 Å². The Morgan fingerprint density at radius 3 is 1.83 bits per heavy atom. The first-order valence-corrected chi connectivity index (χ1v) is 9.33. The van der Waals surface area contributed by atoms with Gasteiger partial charge in [0.15, 0.2) is 18.0 Å². The Hall–Kier alpha value is -3.13. The molecule has 0 unspecified atom stereocenters. The standard InChI is InChI=1S/C16H33N9O5/c1-8(26)11(14(29)30)25-13(28)10(5-3-7-23-16(20)21)24-12(27)9(17)4-2-6-22-15(18)19/h8-11,26H,2-7,17H2,1H3,(H,24,27)(H,25,28)(H,29,30)(H4,18,19,22)(H4,20,21,23)/t8-,9+,10+,11+/m1/s1. The highest BCUT2D eigenvalue weighted by Gasteiger charge is 2.30. The molecule has 0 aromatic rings. The molecule has 0 saturated heterocycles. The zero-order valence-corrected chi connectivity index (χ0v) is 17.0. The third-order valence-corrected chi connectivity index (χ3v) is 3.93. The van der Waals surface area contributed by atoms with Crippen LogP contribution in [0.1, 0.15) is 32.6 Å². The largest absolute Gasteiger partial charge is 0.480 e. The predicted octanol–water partition coefficient (Wildman–Crippen LogP) is -4.14. The number of aliphatic imine (C=N–C) groups is 2. The van der Waals surface area contributed by atoms with E-state index in [-0.39, 0.29) is 31.3 Å². The summed E-state index contributed by atoms with van der Waals surface area (Å²) < 4.78 is 0. The van der Waals surface area contributed by atoms with Gasteiger partial charge in [0.25, 0.3) is 0 Å². The molecule has 0 fully saturated rings. The van der Waals surface area contributed by atoms with Crippen molar-refractivity contribution in [2.75, 3.05) is 13.1 Å². The Morgan fingerprint density at radius 2 is 1.40 bits per heavy atom. The fourth-order valence-electron chi connectivity index (χ4n) is 2.34. The summed E-state index contributed by atoms with van der Waals surface area (Å²) in [4.78, 5) is 43.6. The molecule has 0 aromatic carbocycles. The normalized spacial score (nSPS) is 14.5. The fraction of sp³-hybridized carbons (Fsp3) is 0.688. The van der Waals surface area contributed by atoms with Gasteiger partial charge in [-0.15, -0.1) is 0 Å². The van der Waals surface area contributed by atoms with Crippen LogP contribution in [0.3, 0.4) is 0 Å². The monoisotopic (exact) mass is 431 g/mol. The number of nitrogens with zero attached hydrogens (tertiary/aromatic N) is 2. The number of aliphatic hydroxyl groups excluding tert-OH is 1. The average Bonchev–Trinajstić information content (AvgIpc) is 2.64. The van der Waals surface area contributed by atoms with Crippen molar-refractivity contribution in [2.45, 2.75) is 56.8 Å². The minimum absolute atomic E-state index is 0.0726. The minimum Gasteiger partial charge on any atom is -0.480 e. The molecule has 0 bridgehead atoms. The van der Waals surface area contributed by atoms with Gasteiger partial charge in [0.05, 0.1) is 12.1 Å². The molecule has 0 aliphatic carbocycles. The molecule has 0 rings (SSSR count). The topological polar surface area (TPSA) is 271 Å². The molecule has 0 heterocycles. The molecular weight excluding hydrogens is 398 g/mol. The number of hydrogen-bond donors (Lipinski definition) is 9. The number of rotatable bonds is 14. The zero-order chi connectivity index (χ0) is 23.3. The van der Waals surface area contributed by atoms with E-state index in [1.807, 2.05) is 0 Å². The van der Waals surface area contributed by atoms with Crippen LogP contribution in [0.5, 0.6) is 0 Å². The molecule has 30 heavy (non-hydrogen) atoms. The van der Waals surface area contributed by atoms with Crippen molar-refractivity contribution in [1.82, 2.24) is 10.6 Å². The molecule has 14 N–H and O–H groups in total. The molecule has 0 aliphatic heterocycles. The molecule has 14 heteroatoms. The number of hydrogen-bond acceptors (Lipinski definition) is 7. The summed E-state index contributed by atoms with van der Waals surface area (Å²) in [5.41, 5.74) is 26.7. The second-order valence-corrected chi connectivity index (χ2v) is 6.63. The SMILES string of the molecule is C[C@@H](O)[C@H](NC(=O)[C@H](CCCN=C(N)N)NC(=O)[C@@H](N)CCCN=C(N)N)C(=O)O. The van der Waals surface area contributed by atoms with Crippen molar-refractivity contribution in [1.29, 1.82) is 0 Å². The highest BCUT2D eigenvalue weighted by molar-refractivity contribution is 5.91. The molecule has 0 saturated carbocycles. The van der Waals surface area contributed by atoms with Crippen molar-refractivity contribution >= 4 is 29.7 Å². The van der Waals surface area contributed by atoms with E-state index in [0.717, 1.165) is 0 Å². The zero-order valence-electron chi connectivity index (χ0n) is 17.0.